The highest BCUT2D eigenvalue weighted by Crippen LogP contribution is 2.24. The number of nitrogens with zero attached hydrogens (tertiary/aromatic N) is 1. The number of hydrogen-bond donors (Lipinski definition) is 1. The summed E-state index contributed by atoms with van der Waals surface area (Å²) in [5.41, 5.74) is 0. The average Bonchev–Trinajstić information content (AvgIpc) is 2.73. The standard InChI is InChI=1S/C13H28N2O/c1-5-9-14-12-7-6-8-13(12)15(3)11(2)10-16-4/h11-14H,5-10H2,1-4H3. The van der Waals surface area contributed by atoms with Gasteiger partial charge in [-0.2, -0.15) is 0 Å². The first-order chi connectivity index (χ1) is 7.70. The molecule has 0 radical (unpaired) electrons. The fourth-order valence-electron chi connectivity index (χ4n) is 2.68. The minimum absolute atomic E-state index is 0.513. The van der Waals surface area contributed by atoms with E-state index in [2.05, 4.69) is 31.1 Å². The van der Waals surface area contributed by atoms with Crippen molar-refractivity contribution in [2.75, 3.05) is 27.3 Å². The fourth-order valence-corrected chi connectivity index (χ4v) is 2.68. The molecular weight excluding hydrogens is 200 g/mol. The van der Waals surface area contributed by atoms with Gasteiger partial charge in [0.05, 0.1) is 6.61 Å². The molecule has 1 N–H and O–H groups in total. The molecule has 3 nitrogen and oxygen atoms in total. The Morgan fingerprint density at radius 3 is 2.81 bits per heavy atom. The Balaban J connectivity index is 2.43. The largest absolute Gasteiger partial charge is 0.383 e. The second kappa shape index (κ2) is 7.25. The van der Waals surface area contributed by atoms with E-state index in [1.54, 1.807) is 7.11 Å². The Labute approximate surface area is 101 Å². The number of ether oxygens (including phenoxy) is 1. The molecule has 96 valence electrons. The summed E-state index contributed by atoms with van der Waals surface area (Å²) in [5.74, 6) is 0. The third kappa shape index (κ3) is 3.72. The lowest BCUT2D eigenvalue weighted by Gasteiger charge is -2.34. The van der Waals surface area contributed by atoms with E-state index in [0.29, 0.717) is 18.1 Å². The SMILES string of the molecule is CCCNC1CCCC1N(C)C(C)COC. The lowest BCUT2D eigenvalue weighted by Crippen LogP contribution is -2.49. The van der Waals surface area contributed by atoms with E-state index in [0.717, 1.165) is 13.2 Å². The quantitative estimate of drug-likeness (QED) is 0.720. The molecule has 0 aromatic carbocycles. The maximum atomic E-state index is 5.24. The summed E-state index contributed by atoms with van der Waals surface area (Å²) in [6, 6.07) is 1.89. The van der Waals surface area contributed by atoms with Crippen molar-refractivity contribution in [1.29, 1.82) is 0 Å². The Morgan fingerprint density at radius 2 is 2.19 bits per heavy atom. The van der Waals surface area contributed by atoms with Gasteiger partial charge in [-0.15, -0.1) is 0 Å². The van der Waals surface area contributed by atoms with Gasteiger partial charge in [-0.25, -0.2) is 0 Å². The molecule has 0 amide bonds. The monoisotopic (exact) mass is 228 g/mol. The highest BCUT2D eigenvalue weighted by Gasteiger charge is 2.31. The summed E-state index contributed by atoms with van der Waals surface area (Å²) in [6.07, 6.45) is 5.23. The molecule has 1 saturated carbocycles. The molecule has 0 saturated heterocycles. The molecule has 1 fully saturated rings. The first-order valence-corrected chi connectivity index (χ1v) is 6.65. The zero-order valence-electron chi connectivity index (χ0n) is 11.3. The average molecular weight is 228 g/mol. The van der Waals surface area contributed by atoms with E-state index in [1.165, 1.54) is 25.7 Å². The molecule has 1 aliphatic rings. The van der Waals surface area contributed by atoms with Gasteiger partial charge in [0.1, 0.15) is 0 Å². The highest BCUT2D eigenvalue weighted by atomic mass is 16.5. The van der Waals surface area contributed by atoms with Crippen LogP contribution < -0.4 is 5.32 Å². The summed E-state index contributed by atoms with van der Waals surface area (Å²) >= 11 is 0. The van der Waals surface area contributed by atoms with E-state index < -0.39 is 0 Å². The summed E-state index contributed by atoms with van der Waals surface area (Å²) in [7, 11) is 4.02. The Hall–Kier alpha value is -0.120. The number of methoxy groups -OCH3 is 1. The van der Waals surface area contributed by atoms with Crippen LogP contribution in [0.25, 0.3) is 0 Å². The van der Waals surface area contributed by atoms with E-state index >= 15 is 0 Å². The lowest BCUT2D eigenvalue weighted by molar-refractivity contribution is 0.0820. The minimum Gasteiger partial charge on any atom is -0.383 e. The normalized spacial score (nSPS) is 27.6. The van der Waals surface area contributed by atoms with Crippen LogP contribution in [-0.4, -0.2) is 50.3 Å². The van der Waals surface area contributed by atoms with Gasteiger partial charge in [0.15, 0.2) is 0 Å². The van der Waals surface area contributed by atoms with Crippen molar-refractivity contribution in [3.8, 4) is 0 Å². The second-order valence-electron chi connectivity index (χ2n) is 5.03. The van der Waals surface area contributed by atoms with Crippen LogP contribution in [0.4, 0.5) is 0 Å². The minimum atomic E-state index is 0.513. The van der Waals surface area contributed by atoms with Crippen LogP contribution in [0.15, 0.2) is 0 Å². The van der Waals surface area contributed by atoms with Crippen LogP contribution in [0.1, 0.15) is 39.5 Å². The predicted molar refractivity (Wildman–Crippen MR) is 68.8 cm³/mol. The highest BCUT2D eigenvalue weighted by molar-refractivity contribution is 4.90. The topological polar surface area (TPSA) is 24.5 Å². The van der Waals surface area contributed by atoms with Crippen LogP contribution in [0.2, 0.25) is 0 Å². The van der Waals surface area contributed by atoms with Gasteiger partial charge in [-0.1, -0.05) is 13.3 Å². The fraction of sp³-hybridized carbons (Fsp3) is 1.00. The molecule has 3 atom stereocenters. The molecule has 3 unspecified atom stereocenters. The molecule has 0 spiro atoms. The van der Waals surface area contributed by atoms with Gasteiger partial charge in [0, 0.05) is 25.2 Å². The van der Waals surface area contributed by atoms with Gasteiger partial charge in [-0.3, -0.25) is 4.90 Å². The van der Waals surface area contributed by atoms with Crippen molar-refractivity contribution in [3.63, 3.8) is 0 Å². The maximum Gasteiger partial charge on any atom is 0.0615 e. The Bertz CT molecular complexity index is 187. The summed E-state index contributed by atoms with van der Waals surface area (Å²) in [4.78, 5) is 2.49. The van der Waals surface area contributed by atoms with Crippen LogP contribution in [0.3, 0.4) is 0 Å². The van der Waals surface area contributed by atoms with Crippen LogP contribution in [0.5, 0.6) is 0 Å². The van der Waals surface area contributed by atoms with Crippen LogP contribution in [-0.2, 0) is 4.74 Å². The van der Waals surface area contributed by atoms with E-state index in [1.807, 2.05) is 0 Å². The van der Waals surface area contributed by atoms with Gasteiger partial charge >= 0.3 is 0 Å². The number of nitrogens with one attached hydrogen (secondary N) is 1. The van der Waals surface area contributed by atoms with Crippen molar-refractivity contribution in [2.24, 2.45) is 0 Å². The molecule has 3 heteroatoms. The van der Waals surface area contributed by atoms with Gasteiger partial charge in [0.25, 0.3) is 0 Å². The van der Waals surface area contributed by atoms with Gasteiger partial charge < -0.3 is 10.1 Å². The maximum absolute atomic E-state index is 5.24. The lowest BCUT2D eigenvalue weighted by atomic mass is 10.1. The van der Waals surface area contributed by atoms with Crippen LogP contribution >= 0.6 is 0 Å². The molecule has 0 aromatic rings. The van der Waals surface area contributed by atoms with Crippen LogP contribution in [0, 0.1) is 0 Å². The number of rotatable bonds is 7. The van der Waals surface area contributed by atoms with Gasteiger partial charge in [-0.05, 0) is 39.8 Å². The first-order valence-electron chi connectivity index (χ1n) is 6.65. The zero-order chi connectivity index (χ0) is 12.0. The predicted octanol–water partition coefficient (Wildman–Crippen LogP) is 1.87. The molecule has 0 aromatic heterocycles. The van der Waals surface area contributed by atoms with Crippen molar-refractivity contribution in [1.82, 2.24) is 10.2 Å². The van der Waals surface area contributed by atoms with E-state index in [9.17, 15) is 0 Å². The molecule has 1 rings (SSSR count). The van der Waals surface area contributed by atoms with Crippen molar-refractivity contribution >= 4 is 0 Å². The molecule has 0 bridgehead atoms. The van der Waals surface area contributed by atoms with Crippen molar-refractivity contribution in [3.05, 3.63) is 0 Å². The molecule has 1 aliphatic carbocycles. The van der Waals surface area contributed by atoms with E-state index in [4.69, 9.17) is 4.74 Å². The summed E-state index contributed by atoms with van der Waals surface area (Å²) in [6.45, 7) is 6.45. The van der Waals surface area contributed by atoms with Crippen molar-refractivity contribution in [2.45, 2.75) is 57.7 Å². The first kappa shape index (κ1) is 13.9. The smallest absolute Gasteiger partial charge is 0.0615 e. The van der Waals surface area contributed by atoms with E-state index in [-0.39, 0.29) is 0 Å². The number of likely N-dealkylation sites (N-methyl/N-ethyl adjacent to an activating group) is 1. The third-order valence-electron chi connectivity index (χ3n) is 3.76. The number of hydrogen-bond acceptors (Lipinski definition) is 3. The van der Waals surface area contributed by atoms with Gasteiger partial charge in [0.2, 0.25) is 0 Å². The molecule has 0 aliphatic heterocycles. The zero-order valence-corrected chi connectivity index (χ0v) is 11.3. The second-order valence-corrected chi connectivity index (χ2v) is 5.03. The summed E-state index contributed by atoms with van der Waals surface area (Å²) < 4.78 is 5.24. The summed E-state index contributed by atoms with van der Waals surface area (Å²) in [5, 5.41) is 3.68. The molecule has 16 heavy (non-hydrogen) atoms. The Kier molecular flexibility index (Phi) is 6.32. The Morgan fingerprint density at radius 1 is 1.44 bits per heavy atom. The molecular formula is C13H28N2O. The molecule has 0 heterocycles. The van der Waals surface area contributed by atoms with Crippen molar-refractivity contribution < 1.29 is 4.74 Å². The third-order valence-corrected chi connectivity index (χ3v) is 3.76.